The Kier molecular flexibility index (Phi) is 4.72. The molecular formula is C22H30BrNO. The van der Waals surface area contributed by atoms with Gasteiger partial charge in [0.1, 0.15) is 0 Å². The van der Waals surface area contributed by atoms with E-state index >= 15 is 0 Å². The zero-order valence-corrected chi connectivity index (χ0v) is 16.9. The normalized spacial score (nSPS) is 37.0. The van der Waals surface area contributed by atoms with Crippen molar-refractivity contribution in [2.45, 2.75) is 75.1 Å². The van der Waals surface area contributed by atoms with Crippen molar-refractivity contribution in [2.24, 2.45) is 17.3 Å². The zero-order valence-electron chi connectivity index (χ0n) is 15.3. The van der Waals surface area contributed by atoms with Crippen LogP contribution in [0.3, 0.4) is 0 Å². The average molecular weight is 404 g/mol. The van der Waals surface area contributed by atoms with Gasteiger partial charge >= 0.3 is 0 Å². The molecule has 4 fully saturated rings. The van der Waals surface area contributed by atoms with Crippen LogP contribution in [0.4, 0.5) is 0 Å². The van der Waals surface area contributed by atoms with Crippen molar-refractivity contribution in [1.82, 2.24) is 5.32 Å². The molecular weight excluding hydrogens is 374 g/mol. The number of carbonyl (C=O) groups excluding carboxylic acids is 1. The molecule has 1 N–H and O–H groups in total. The lowest BCUT2D eigenvalue weighted by Crippen LogP contribution is -2.54. The first-order valence-electron chi connectivity index (χ1n) is 9.96. The molecule has 2 nitrogen and oxygen atoms in total. The van der Waals surface area contributed by atoms with E-state index in [0.717, 1.165) is 31.1 Å². The van der Waals surface area contributed by atoms with Gasteiger partial charge < -0.3 is 5.32 Å². The first-order valence-corrected chi connectivity index (χ1v) is 10.8. The molecule has 0 aromatic heterocycles. The maximum absolute atomic E-state index is 12.7. The van der Waals surface area contributed by atoms with Crippen LogP contribution in [0, 0.1) is 17.3 Å². The van der Waals surface area contributed by atoms with Gasteiger partial charge in [-0.3, -0.25) is 4.79 Å². The first kappa shape index (κ1) is 17.6. The zero-order chi connectivity index (χ0) is 17.5. The van der Waals surface area contributed by atoms with Gasteiger partial charge in [0, 0.05) is 16.8 Å². The Morgan fingerprint density at radius 1 is 1.20 bits per heavy atom. The molecule has 1 aromatic carbocycles. The summed E-state index contributed by atoms with van der Waals surface area (Å²) in [5.74, 6) is 1.98. The molecule has 136 valence electrons. The number of benzene rings is 1. The van der Waals surface area contributed by atoms with Crippen molar-refractivity contribution in [3.8, 4) is 0 Å². The van der Waals surface area contributed by atoms with Gasteiger partial charge in [0.2, 0.25) is 5.91 Å². The topological polar surface area (TPSA) is 29.1 Å². The van der Waals surface area contributed by atoms with Gasteiger partial charge in [-0.1, -0.05) is 46.3 Å². The Labute approximate surface area is 160 Å². The van der Waals surface area contributed by atoms with Crippen LogP contribution in [0.1, 0.15) is 63.9 Å². The van der Waals surface area contributed by atoms with Gasteiger partial charge in [-0.05, 0) is 81.1 Å². The predicted octanol–water partition coefficient (Wildman–Crippen LogP) is 5.25. The lowest BCUT2D eigenvalue weighted by molar-refractivity contribution is -0.128. The smallest absolute Gasteiger partial charge is 0.220 e. The quantitative estimate of drug-likeness (QED) is 0.645. The molecule has 0 heterocycles. The average Bonchev–Trinajstić information content (AvgIpc) is 2.50. The minimum atomic E-state index is 0.250. The molecule has 25 heavy (non-hydrogen) atoms. The highest BCUT2D eigenvalue weighted by atomic mass is 79.9. The van der Waals surface area contributed by atoms with E-state index in [-0.39, 0.29) is 17.4 Å². The van der Waals surface area contributed by atoms with Crippen LogP contribution in [0.15, 0.2) is 30.3 Å². The molecule has 0 spiro atoms. The summed E-state index contributed by atoms with van der Waals surface area (Å²) >= 11 is 4.05. The Balaban J connectivity index is 1.30. The van der Waals surface area contributed by atoms with Gasteiger partial charge in [0.15, 0.2) is 0 Å². The number of halogens is 1. The van der Waals surface area contributed by atoms with Crippen molar-refractivity contribution < 1.29 is 4.79 Å². The fourth-order valence-electron chi connectivity index (χ4n) is 6.31. The molecule has 3 unspecified atom stereocenters. The second kappa shape index (κ2) is 6.72. The van der Waals surface area contributed by atoms with E-state index in [9.17, 15) is 4.79 Å². The number of carbonyl (C=O) groups is 1. The molecule has 1 aromatic rings. The van der Waals surface area contributed by atoms with Gasteiger partial charge in [-0.25, -0.2) is 0 Å². The second-order valence-corrected chi connectivity index (χ2v) is 11.0. The molecule has 3 atom stereocenters. The molecule has 4 bridgehead atoms. The summed E-state index contributed by atoms with van der Waals surface area (Å²) in [6, 6.07) is 10.8. The number of hydrogen-bond donors (Lipinski definition) is 1. The van der Waals surface area contributed by atoms with Crippen LogP contribution in [0.2, 0.25) is 0 Å². The third-order valence-electron chi connectivity index (χ3n) is 6.76. The minimum absolute atomic E-state index is 0.250. The van der Waals surface area contributed by atoms with E-state index in [0.29, 0.717) is 4.32 Å². The largest absolute Gasteiger partial charge is 0.354 e. The number of alkyl halides is 1. The van der Waals surface area contributed by atoms with Crippen LogP contribution in [-0.2, 0) is 11.2 Å². The second-order valence-electron chi connectivity index (χ2n) is 9.28. The minimum Gasteiger partial charge on any atom is -0.354 e. The third kappa shape index (κ3) is 3.97. The lowest BCUT2D eigenvalue weighted by atomic mass is 9.48. The summed E-state index contributed by atoms with van der Waals surface area (Å²) in [5, 5.41) is 3.28. The van der Waals surface area contributed by atoms with E-state index in [1.165, 1.54) is 44.1 Å². The molecule has 0 radical (unpaired) electrons. The highest BCUT2D eigenvalue weighted by molar-refractivity contribution is 9.10. The summed E-state index contributed by atoms with van der Waals surface area (Å²) in [5.41, 5.74) is 1.63. The van der Waals surface area contributed by atoms with Crippen molar-refractivity contribution in [3.63, 3.8) is 0 Å². The summed E-state index contributed by atoms with van der Waals surface area (Å²) in [7, 11) is 0. The van der Waals surface area contributed by atoms with E-state index in [2.05, 4.69) is 58.5 Å². The van der Waals surface area contributed by atoms with Crippen LogP contribution in [0.5, 0.6) is 0 Å². The summed E-state index contributed by atoms with van der Waals surface area (Å²) in [6.45, 7) is 2.15. The highest BCUT2D eigenvalue weighted by Gasteiger charge is 2.57. The van der Waals surface area contributed by atoms with Crippen molar-refractivity contribution in [3.05, 3.63) is 35.9 Å². The number of hydrogen-bond acceptors (Lipinski definition) is 1. The lowest BCUT2D eigenvalue weighted by Gasteiger charge is -2.60. The third-order valence-corrected chi connectivity index (χ3v) is 7.69. The highest BCUT2D eigenvalue weighted by Crippen LogP contribution is 2.65. The summed E-state index contributed by atoms with van der Waals surface area (Å²) in [6.07, 6.45) is 10.6. The molecule has 4 aliphatic carbocycles. The maximum Gasteiger partial charge on any atom is 0.220 e. The molecule has 3 heteroatoms. The first-order chi connectivity index (χ1) is 11.9. The molecule has 5 rings (SSSR count). The van der Waals surface area contributed by atoms with E-state index < -0.39 is 0 Å². The monoisotopic (exact) mass is 403 g/mol. The number of nitrogens with one attached hydrogen (secondary N) is 1. The summed E-state index contributed by atoms with van der Waals surface area (Å²) in [4.78, 5) is 12.7. The maximum atomic E-state index is 12.7. The molecule has 0 saturated heterocycles. The standard InChI is InChI=1S/C22H30BrNO/c1-16(7-8-17-5-3-2-4-6-17)24-20(25)14-21-10-18-9-19(11-21)13-22(23,12-18)15-21/h2-6,16,18-19H,7-15H2,1H3,(H,24,25). The van der Waals surface area contributed by atoms with Gasteiger partial charge in [0.25, 0.3) is 0 Å². The van der Waals surface area contributed by atoms with Crippen molar-refractivity contribution in [2.75, 3.05) is 0 Å². The Morgan fingerprint density at radius 2 is 1.88 bits per heavy atom. The van der Waals surface area contributed by atoms with Crippen LogP contribution >= 0.6 is 15.9 Å². The fourth-order valence-corrected chi connectivity index (χ4v) is 7.82. The molecule has 4 saturated carbocycles. The van der Waals surface area contributed by atoms with Gasteiger partial charge in [-0.15, -0.1) is 0 Å². The summed E-state index contributed by atoms with van der Waals surface area (Å²) < 4.78 is 0.344. The molecule has 0 aliphatic heterocycles. The van der Waals surface area contributed by atoms with Gasteiger partial charge in [-0.2, -0.15) is 0 Å². The Bertz CT molecular complexity index is 614. The SMILES string of the molecule is CC(CCc1ccccc1)NC(=O)CC12CC3CC(CC(Br)(C3)C1)C2. The van der Waals surface area contributed by atoms with Gasteiger partial charge in [0.05, 0.1) is 0 Å². The van der Waals surface area contributed by atoms with E-state index in [1.807, 2.05) is 0 Å². The number of amides is 1. The van der Waals surface area contributed by atoms with E-state index in [1.54, 1.807) is 0 Å². The van der Waals surface area contributed by atoms with Crippen LogP contribution in [0.25, 0.3) is 0 Å². The number of aryl methyl sites for hydroxylation is 1. The van der Waals surface area contributed by atoms with Crippen molar-refractivity contribution >= 4 is 21.8 Å². The van der Waals surface area contributed by atoms with E-state index in [4.69, 9.17) is 0 Å². The van der Waals surface area contributed by atoms with Crippen molar-refractivity contribution in [1.29, 1.82) is 0 Å². The predicted molar refractivity (Wildman–Crippen MR) is 106 cm³/mol. The Morgan fingerprint density at radius 3 is 2.52 bits per heavy atom. The Hall–Kier alpha value is -0.830. The van der Waals surface area contributed by atoms with Crippen LogP contribution < -0.4 is 5.32 Å². The van der Waals surface area contributed by atoms with Crippen LogP contribution in [-0.4, -0.2) is 16.3 Å². The molecule has 4 aliphatic rings. The molecule has 1 amide bonds. The number of rotatable bonds is 6. The fraction of sp³-hybridized carbons (Fsp3) is 0.682.